The van der Waals surface area contributed by atoms with Crippen molar-refractivity contribution in [1.29, 1.82) is 0 Å². The molecule has 46 heavy (non-hydrogen) atoms. The lowest BCUT2D eigenvalue weighted by Crippen LogP contribution is -2.59. The Labute approximate surface area is 295 Å². The molecule has 1 heterocycles. The molecular formula is C36H63IO7Si2. The third-order valence-corrected chi connectivity index (χ3v) is 19.8. The van der Waals surface area contributed by atoms with Gasteiger partial charge in [0.25, 0.3) is 0 Å². The van der Waals surface area contributed by atoms with E-state index in [0.29, 0.717) is 25.9 Å². The van der Waals surface area contributed by atoms with Crippen LogP contribution in [0.3, 0.4) is 0 Å². The Morgan fingerprint density at radius 1 is 0.978 bits per heavy atom. The van der Waals surface area contributed by atoms with E-state index in [1.807, 2.05) is 34.4 Å². The van der Waals surface area contributed by atoms with Crippen LogP contribution in [0, 0.1) is 11.8 Å². The van der Waals surface area contributed by atoms with E-state index in [9.17, 15) is 9.90 Å². The normalized spacial score (nSPS) is 23.7. The molecule has 1 fully saturated rings. The summed E-state index contributed by atoms with van der Waals surface area (Å²) in [5, 5.41) is 10.5. The van der Waals surface area contributed by atoms with Gasteiger partial charge in [0.05, 0.1) is 44.7 Å². The van der Waals surface area contributed by atoms with Crippen LogP contribution in [0.1, 0.15) is 80.2 Å². The molecule has 7 nitrogen and oxygen atoms in total. The summed E-state index contributed by atoms with van der Waals surface area (Å²) in [6.07, 6.45) is 1.99. The highest BCUT2D eigenvalue weighted by Crippen LogP contribution is 2.43. The Kier molecular flexibility index (Phi) is 15.7. The Morgan fingerprint density at radius 3 is 2.00 bits per heavy atom. The largest absolute Gasteiger partial charge is 0.497 e. The summed E-state index contributed by atoms with van der Waals surface area (Å²) in [6.45, 7) is 26.9. The zero-order valence-corrected chi connectivity index (χ0v) is 35.0. The maximum atomic E-state index is 13.6. The lowest BCUT2D eigenvalue weighted by atomic mass is 9.86. The quantitative estimate of drug-likeness (QED) is 0.132. The van der Waals surface area contributed by atoms with Gasteiger partial charge in [-0.25, -0.2) is 0 Å². The van der Waals surface area contributed by atoms with Crippen molar-refractivity contribution in [2.75, 3.05) is 13.7 Å². The van der Waals surface area contributed by atoms with Crippen LogP contribution in [-0.4, -0.2) is 71.8 Å². The number of carbonyl (C=O) groups is 1. The number of ketones is 1. The second-order valence-electron chi connectivity index (χ2n) is 16.2. The van der Waals surface area contributed by atoms with Crippen LogP contribution in [0.5, 0.6) is 5.75 Å². The molecule has 0 saturated carbocycles. The van der Waals surface area contributed by atoms with E-state index in [1.165, 1.54) is 0 Å². The topological polar surface area (TPSA) is 83.5 Å². The van der Waals surface area contributed by atoms with Crippen LogP contribution >= 0.6 is 22.6 Å². The summed E-state index contributed by atoms with van der Waals surface area (Å²) in [6, 6.07) is 7.84. The van der Waals surface area contributed by atoms with Crippen molar-refractivity contribution < 1.29 is 33.0 Å². The molecule has 1 aromatic carbocycles. The summed E-state index contributed by atoms with van der Waals surface area (Å²) >= 11 is 2.20. The Bertz CT molecular complexity index is 1110. The van der Waals surface area contributed by atoms with Crippen LogP contribution in [-0.2, 0) is 29.7 Å². The molecule has 1 aromatic rings. The van der Waals surface area contributed by atoms with Crippen LogP contribution in [0.2, 0.25) is 36.3 Å². The minimum Gasteiger partial charge on any atom is -0.497 e. The van der Waals surface area contributed by atoms with Gasteiger partial charge < -0.3 is 28.2 Å². The number of hydrogen-bond acceptors (Lipinski definition) is 7. The second kappa shape index (κ2) is 17.4. The molecule has 3 unspecified atom stereocenters. The highest BCUT2D eigenvalue weighted by Gasteiger charge is 2.49. The molecule has 0 radical (unpaired) electrons. The zero-order chi connectivity index (χ0) is 35.1. The molecule has 7 atom stereocenters. The van der Waals surface area contributed by atoms with Gasteiger partial charge >= 0.3 is 0 Å². The number of benzene rings is 1. The minimum atomic E-state index is -2.17. The standard InChI is InChI=1S/C36H63IO7Si2/c1-25(30(18-19-37)41-24-27-14-16-29(40-9)17-15-27)20-28(39)21-26(2)34-32(44-46(12,13)36(6,7)8)22-31(33(23-38)42-34)43-45(10,11)35(3,4)5/h14-19,25-26,30-34,38H,20-24H2,1-13H3/t25?,26?,30?,31-,32+,33-,34+/m1/s1. The van der Waals surface area contributed by atoms with Crippen LogP contribution in [0.15, 0.2) is 34.4 Å². The summed E-state index contributed by atoms with van der Waals surface area (Å²) < 4.78 is 34.1. The van der Waals surface area contributed by atoms with Crippen molar-refractivity contribution in [1.82, 2.24) is 0 Å². The number of aliphatic hydroxyl groups excluding tert-OH is 1. The Morgan fingerprint density at radius 2 is 1.52 bits per heavy atom. The van der Waals surface area contributed by atoms with Gasteiger partial charge in [-0.3, -0.25) is 4.79 Å². The second-order valence-corrected chi connectivity index (χ2v) is 26.5. The number of carbonyl (C=O) groups excluding carboxylic acids is 1. The minimum absolute atomic E-state index is 0.00285. The van der Waals surface area contributed by atoms with Crippen molar-refractivity contribution in [3.8, 4) is 5.75 Å². The third-order valence-electron chi connectivity index (χ3n) is 10.3. The van der Waals surface area contributed by atoms with E-state index in [0.717, 1.165) is 11.3 Å². The average Bonchev–Trinajstić information content (AvgIpc) is 2.93. The number of rotatable bonds is 16. The molecule has 0 aromatic heterocycles. The lowest BCUT2D eigenvalue weighted by Gasteiger charge is -2.50. The van der Waals surface area contributed by atoms with Gasteiger partial charge in [-0.15, -0.1) is 0 Å². The fourth-order valence-corrected chi connectivity index (χ4v) is 8.44. The molecule has 2 rings (SSSR count). The lowest BCUT2D eigenvalue weighted by molar-refractivity contribution is -0.186. The van der Waals surface area contributed by atoms with E-state index < -0.39 is 22.7 Å². The van der Waals surface area contributed by atoms with Crippen molar-refractivity contribution in [3.63, 3.8) is 0 Å². The van der Waals surface area contributed by atoms with E-state index in [-0.39, 0.29) is 58.7 Å². The molecular weight excluding hydrogens is 727 g/mol. The summed E-state index contributed by atoms with van der Waals surface area (Å²) in [4.78, 5) is 13.6. The molecule has 1 saturated heterocycles. The van der Waals surface area contributed by atoms with E-state index in [4.69, 9.17) is 23.1 Å². The fourth-order valence-electron chi connectivity index (χ4n) is 5.33. The highest BCUT2D eigenvalue weighted by molar-refractivity contribution is 14.1. The summed E-state index contributed by atoms with van der Waals surface area (Å²) in [5.74, 6) is 0.900. The predicted molar refractivity (Wildman–Crippen MR) is 202 cm³/mol. The first-order chi connectivity index (χ1) is 21.2. The van der Waals surface area contributed by atoms with Gasteiger partial charge in [-0.05, 0) is 76.0 Å². The summed E-state index contributed by atoms with van der Waals surface area (Å²) in [7, 11) is -2.65. The van der Waals surface area contributed by atoms with Gasteiger partial charge in [0.1, 0.15) is 17.6 Å². The molecule has 1 aliphatic rings. The monoisotopic (exact) mass is 790 g/mol. The maximum Gasteiger partial charge on any atom is 0.192 e. The maximum absolute atomic E-state index is 13.6. The van der Waals surface area contributed by atoms with E-state index >= 15 is 0 Å². The van der Waals surface area contributed by atoms with E-state index in [1.54, 1.807) is 7.11 Å². The first kappa shape index (κ1) is 41.6. The van der Waals surface area contributed by atoms with Crippen molar-refractivity contribution in [3.05, 3.63) is 40.0 Å². The Hall–Kier alpha value is -0.606. The number of ether oxygens (including phenoxy) is 3. The molecule has 0 amide bonds. The van der Waals surface area contributed by atoms with Gasteiger partial charge in [-0.2, -0.15) is 0 Å². The van der Waals surface area contributed by atoms with Crippen molar-refractivity contribution >= 4 is 45.0 Å². The van der Waals surface area contributed by atoms with Gasteiger partial charge in [0, 0.05) is 19.3 Å². The third kappa shape index (κ3) is 11.8. The van der Waals surface area contributed by atoms with Crippen molar-refractivity contribution in [2.45, 2.75) is 148 Å². The Balaban J connectivity index is 2.19. The molecule has 0 aliphatic carbocycles. The smallest absolute Gasteiger partial charge is 0.192 e. The summed E-state index contributed by atoms with van der Waals surface area (Å²) in [5.41, 5.74) is 1.05. The SMILES string of the molecule is COc1ccc(COC(C=CI)C(C)CC(=O)CC(C)[C@@H]2O[C@H](CO)[C@H](O[Si](C)(C)C(C)(C)C)C[C@@H]2O[Si](C)(C)C(C)(C)C)cc1. The zero-order valence-electron chi connectivity index (χ0n) is 30.8. The van der Waals surface area contributed by atoms with Gasteiger partial charge in [0.2, 0.25) is 0 Å². The van der Waals surface area contributed by atoms with Crippen LogP contribution in [0.4, 0.5) is 0 Å². The number of Topliss-reactive ketones (excluding diaryl/α,β-unsaturated/α-hetero) is 1. The fraction of sp³-hybridized carbons (Fsp3) is 0.750. The van der Waals surface area contributed by atoms with Gasteiger partial charge in [0.15, 0.2) is 16.6 Å². The number of aliphatic hydroxyl groups is 1. The first-order valence-corrected chi connectivity index (χ1v) is 23.9. The highest BCUT2D eigenvalue weighted by atomic mass is 127. The predicted octanol–water partition coefficient (Wildman–Crippen LogP) is 9.08. The molecule has 1 aliphatic heterocycles. The molecule has 264 valence electrons. The van der Waals surface area contributed by atoms with E-state index in [2.05, 4.69) is 104 Å². The molecule has 1 N–H and O–H groups in total. The number of methoxy groups -OCH3 is 1. The van der Waals surface area contributed by atoms with Gasteiger partial charge in [-0.1, -0.05) is 90.1 Å². The van der Waals surface area contributed by atoms with Crippen LogP contribution in [0.25, 0.3) is 0 Å². The number of halogens is 1. The van der Waals surface area contributed by atoms with Crippen molar-refractivity contribution in [2.24, 2.45) is 11.8 Å². The van der Waals surface area contributed by atoms with Crippen LogP contribution < -0.4 is 4.74 Å². The number of hydrogen-bond donors (Lipinski definition) is 1. The molecule has 10 heteroatoms. The average molecular weight is 791 g/mol. The molecule has 0 spiro atoms. The molecule has 0 bridgehead atoms. The first-order valence-electron chi connectivity index (χ1n) is 16.8.